The first-order valence-corrected chi connectivity index (χ1v) is 43.3. The average molecular weight is 1420 g/mol. The summed E-state index contributed by atoms with van der Waals surface area (Å²) >= 11 is 0. The van der Waals surface area contributed by atoms with E-state index in [1.165, 1.54) is 212 Å². The number of phosphoric acid groups is 2. The fourth-order valence-electron chi connectivity index (χ4n) is 12.0. The van der Waals surface area contributed by atoms with Crippen LogP contribution in [-0.2, 0) is 65.4 Å². The maximum atomic E-state index is 13.1. The number of carbonyl (C=O) groups excluding carboxylic acids is 4. The Morgan fingerprint density at radius 1 is 0.278 bits per heavy atom. The van der Waals surface area contributed by atoms with Gasteiger partial charge in [0.1, 0.15) is 19.3 Å². The van der Waals surface area contributed by atoms with Gasteiger partial charge < -0.3 is 33.8 Å². The first-order valence-electron chi connectivity index (χ1n) is 40.3. The molecule has 0 saturated carbocycles. The van der Waals surface area contributed by atoms with Crippen molar-refractivity contribution in [3.63, 3.8) is 0 Å². The van der Waals surface area contributed by atoms with Crippen LogP contribution in [0.2, 0.25) is 0 Å². The van der Waals surface area contributed by atoms with E-state index in [0.717, 1.165) is 108 Å². The first-order chi connectivity index (χ1) is 46.7. The van der Waals surface area contributed by atoms with Crippen molar-refractivity contribution in [2.24, 2.45) is 17.8 Å². The van der Waals surface area contributed by atoms with Gasteiger partial charge in [0.15, 0.2) is 12.2 Å². The van der Waals surface area contributed by atoms with Crippen LogP contribution in [-0.4, -0.2) is 96.7 Å². The van der Waals surface area contributed by atoms with Gasteiger partial charge in [-0.1, -0.05) is 350 Å². The lowest BCUT2D eigenvalue weighted by Gasteiger charge is -2.21. The highest BCUT2D eigenvalue weighted by atomic mass is 31.2. The molecule has 5 atom stereocenters. The van der Waals surface area contributed by atoms with E-state index in [9.17, 15) is 43.2 Å². The maximum absolute atomic E-state index is 13.1. The molecule has 0 aromatic carbocycles. The number of ether oxygens (including phenoxy) is 4. The molecular weight excluding hydrogens is 1270 g/mol. The highest BCUT2D eigenvalue weighted by Crippen LogP contribution is 2.45. The summed E-state index contributed by atoms with van der Waals surface area (Å²) in [6, 6.07) is 0. The number of phosphoric ester groups is 2. The van der Waals surface area contributed by atoms with E-state index in [4.69, 9.17) is 37.0 Å². The Kier molecular flexibility index (Phi) is 67.1. The molecule has 3 N–H and O–H groups in total. The number of unbranched alkanes of at least 4 members (excludes halogenated alkanes) is 44. The number of carbonyl (C=O) groups is 4. The molecule has 0 saturated heterocycles. The predicted molar refractivity (Wildman–Crippen MR) is 395 cm³/mol. The van der Waals surface area contributed by atoms with Crippen LogP contribution < -0.4 is 0 Å². The zero-order valence-corrected chi connectivity index (χ0v) is 65.3. The molecule has 97 heavy (non-hydrogen) atoms. The lowest BCUT2D eigenvalue weighted by Crippen LogP contribution is -2.30. The molecule has 0 radical (unpaired) electrons. The standard InChI is InChI=1S/C78H152O17P2/c1-8-9-10-11-12-13-30-38-45-52-59-75(80)88-66-74(95-78(83)62-55-48-41-34-33-37-44-51-58-71(6)7)68-93-97(86,87)91-64-72(79)63-90-96(84,85)92-67-73(65-89-76(81)60-53-46-39-31-26-23-22-25-29-36-43-50-57-70(4)5)94-77(82)61-54-47-40-32-27-21-19-17-15-14-16-18-20-24-28-35-42-49-56-69(2)3/h69-74,79H,8-68H2,1-7H3,(H,84,85)(H,86,87)/t72-,73-,74-/m1/s1. The van der Waals surface area contributed by atoms with E-state index >= 15 is 0 Å². The Balaban J connectivity index is 5.21. The van der Waals surface area contributed by atoms with Crippen LogP contribution in [0.5, 0.6) is 0 Å². The molecule has 17 nitrogen and oxygen atoms in total. The summed E-state index contributed by atoms with van der Waals surface area (Å²) in [6.07, 6.45) is 55.6. The highest BCUT2D eigenvalue weighted by molar-refractivity contribution is 7.47. The maximum Gasteiger partial charge on any atom is 0.472 e. The Morgan fingerprint density at radius 3 is 0.701 bits per heavy atom. The van der Waals surface area contributed by atoms with Gasteiger partial charge in [-0.15, -0.1) is 0 Å². The van der Waals surface area contributed by atoms with E-state index < -0.39 is 97.5 Å². The normalized spacial score (nSPS) is 14.0. The third kappa shape index (κ3) is 72.2. The van der Waals surface area contributed by atoms with Gasteiger partial charge in [-0.2, -0.15) is 0 Å². The molecule has 0 aliphatic rings. The molecule has 0 aliphatic heterocycles. The lowest BCUT2D eigenvalue weighted by atomic mass is 10.0. The van der Waals surface area contributed by atoms with Gasteiger partial charge in [-0.25, -0.2) is 9.13 Å². The van der Waals surface area contributed by atoms with E-state index in [1.54, 1.807) is 0 Å². The van der Waals surface area contributed by atoms with Crippen molar-refractivity contribution in [2.75, 3.05) is 39.6 Å². The van der Waals surface area contributed by atoms with Crippen molar-refractivity contribution < 1.29 is 80.2 Å². The number of rotatable bonds is 76. The van der Waals surface area contributed by atoms with Gasteiger partial charge >= 0.3 is 39.5 Å². The summed E-state index contributed by atoms with van der Waals surface area (Å²) in [5, 5.41) is 10.6. The fraction of sp³-hybridized carbons (Fsp3) is 0.949. The van der Waals surface area contributed by atoms with Crippen LogP contribution in [0.25, 0.3) is 0 Å². The first kappa shape index (κ1) is 95.1. The monoisotopic (exact) mass is 1420 g/mol. The second-order valence-electron chi connectivity index (χ2n) is 29.5. The van der Waals surface area contributed by atoms with E-state index in [0.29, 0.717) is 25.7 Å². The van der Waals surface area contributed by atoms with Gasteiger partial charge in [0, 0.05) is 25.7 Å². The summed E-state index contributed by atoms with van der Waals surface area (Å²) in [6.45, 7) is 11.9. The van der Waals surface area contributed by atoms with E-state index in [-0.39, 0.29) is 25.7 Å². The van der Waals surface area contributed by atoms with Crippen LogP contribution in [0.3, 0.4) is 0 Å². The number of esters is 4. The third-order valence-corrected chi connectivity index (χ3v) is 20.0. The minimum Gasteiger partial charge on any atom is -0.462 e. The summed E-state index contributed by atoms with van der Waals surface area (Å²) < 4.78 is 68.5. The van der Waals surface area contributed by atoms with Crippen LogP contribution in [0.15, 0.2) is 0 Å². The zero-order valence-electron chi connectivity index (χ0n) is 63.5. The molecule has 0 rings (SSSR count). The Hall–Kier alpha value is -1.94. The molecule has 0 aliphatic carbocycles. The number of aliphatic hydroxyl groups excluding tert-OH is 1. The van der Waals surface area contributed by atoms with E-state index in [1.807, 2.05) is 0 Å². The lowest BCUT2D eigenvalue weighted by molar-refractivity contribution is -0.161. The smallest absolute Gasteiger partial charge is 0.462 e. The number of aliphatic hydroxyl groups is 1. The molecule has 0 amide bonds. The van der Waals surface area contributed by atoms with Crippen molar-refractivity contribution >= 4 is 39.5 Å². The Morgan fingerprint density at radius 2 is 0.474 bits per heavy atom. The minimum atomic E-state index is -4.96. The number of hydrogen-bond acceptors (Lipinski definition) is 15. The molecule has 0 spiro atoms. The summed E-state index contributed by atoms with van der Waals surface area (Å²) in [7, 11) is -9.91. The molecule has 0 bridgehead atoms. The molecule has 0 heterocycles. The average Bonchev–Trinajstić information content (AvgIpc) is 1.20. The summed E-state index contributed by atoms with van der Waals surface area (Å²) in [4.78, 5) is 72.8. The van der Waals surface area contributed by atoms with Gasteiger partial charge in [-0.05, 0) is 43.4 Å². The van der Waals surface area contributed by atoms with E-state index in [2.05, 4.69) is 48.5 Å². The van der Waals surface area contributed by atoms with Crippen molar-refractivity contribution in [3.05, 3.63) is 0 Å². The van der Waals surface area contributed by atoms with Gasteiger partial charge in [-0.3, -0.25) is 37.3 Å². The minimum absolute atomic E-state index is 0.105. The van der Waals surface area contributed by atoms with Crippen LogP contribution in [0.4, 0.5) is 0 Å². The molecule has 0 aromatic rings. The second-order valence-corrected chi connectivity index (χ2v) is 32.4. The largest absolute Gasteiger partial charge is 0.472 e. The second kappa shape index (κ2) is 68.5. The molecule has 576 valence electrons. The molecule has 0 aromatic heterocycles. The number of hydrogen-bond donors (Lipinski definition) is 3. The van der Waals surface area contributed by atoms with Crippen molar-refractivity contribution in [2.45, 2.75) is 420 Å². The predicted octanol–water partition coefficient (Wildman–Crippen LogP) is 23.0. The van der Waals surface area contributed by atoms with Crippen LogP contribution in [0.1, 0.15) is 402 Å². The zero-order chi connectivity index (χ0) is 71.6. The molecular formula is C78H152O17P2. The third-order valence-electron chi connectivity index (χ3n) is 18.1. The van der Waals surface area contributed by atoms with Gasteiger partial charge in [0.25, 0.3) is 0 Å². The Labute approximate surface area is 594 Å². The fourth-order valence-corrected chi connectivity index (χ4v) is 13.5. The molecule has 19 heteroatoms. The SMILES string of the molecule is CCCCCCCCCCCCC(=O)OC[C@H](COP(=O)(O)OC[C@H](O)COP(=O)(O)OC[C@@H](COC(=O)CCCCCCCCCCCCCCC(C)C)OC(=O)CCCCCCCCCCCCCCCCCCCCC(C)C)OC(=O)CCCCCCCCCCC(C)C. The van der Waals surface area contributed by atoms with Crippen molar-refractivity contribution in [1.29, 1.82) is 0 Å². The summed E-state index contributed by atoms with van der Waals surface area (Å²) in [5.41, 5.74) is 0. The topological polar surface area (TPSA) is 237 Å². The van der Waals surface area contributed by atoms with Gasteiger partial charge in [0.2, 0.25) is 0 Å². The quantitative estimate of drug-likeness (QED) is 0.0222. The van der Waals surface area contributed by atoms with Crippen molar-refractivity contribution in [3.8, 4) is 0 Å². The highest BCUT2D eigenvalue weighted by Gasteiger charge is 2.30. The van der Waals surface area contributed by atoms with Crippen molar-refractivity contribution in [1.82, 2.24) is 0 Å². The van der Waals surface area contributed by atoms with Gasteiger partial charge in [0.05, 0.1) is 26.4 Å². The molecule has 0 fully saturated rings. The van der Waals surface area contributed by atoms with Crippen LogP contribution in [0, 0.1) is 17.8 Å². The molecule has 2 unspecified atom stereocenters. The summed E-state index contributed by atoms with van der Waals surface area (Å²) in [5.74, 6) is 0.203. The Bertz CT molecular complexity index is 1890. The van der Waals surface area contributed by atoms with Crippen LogP contribution >= 0.6 is 15.6 Å².